The molecule has 2 fully saturated rings. The molecular weight excluding hydrogens is 485 g/mol. The smallest absolute Gasteiger partial charge is 0.407 e. The maximum atomic E-state index is 11.9. The molecule has 1 atom stereocenters. The molecule has 0 aromatic heterocycles. The molecule has 0 aliphatic carbocycles. The monoisotopic (exact) mass is 517 g/mol. The molecule has 0 radical (unpaired) electrons. The minimum atomic E-state index is -3.07. The van der Waals surface area contributed by atoms with E-state index in [0.717, 1.165) is 18.9 Å². The molecule has 27 heavy (non-hydrogen) atoms. The van der Waals surface area contributed by atoms with Crippen LogP contribution in [0.2, 0.25) is 0 Å². The van der Waals surface area contributed by atoms with Crippen LogP contribution in [0.1, 0.15) is 33.6 Å². The van der Waals surface area contributed by atoms with E-state index in [1.807, 2.05) is 20.8 Å². The normalized spacial score (nSPS) is 23.0. The number of hydrogen-bond donors (Lipinski definition) is 2. The highest BCUT2D eigenvalue weighted by Crippen LogP contribution is 2.13. The lowest BCUT2D eigenvalue weighted by Crippen LogP contribution is -2.45. The van der Waals surface area contributed by atoms with E-state index < -0.39 is 21.7 Å². The van der Waals surface area contributed by atoms with Crippen LogP contribution in [0.5, 0.6) is 0 Å². The predicted molar refractivity (Wildman–Crippen MR) is 116 cm³/mol. The molecule has 1 unspecified atom stereocenters. The second kappa shape index (κ2) is 10.1. The molecule has 158 valence electrons. The molecule has 1 amide bonds. The molecule has 0 spiro atoms. The van der Waals surface area contributed by atoms with Crippen LogP contribution in [-0.2, 0) is 14.8 Å². The van der Waals surface area contributed by atoms with Gasteiger partial charge in [-0.15, -0.1) is 24.0 Å². The summed E-state index contributed by atoms with van der Waals surface area (Å²) in [6.45, 7) is 8.44. The van der Waals surface area contributed by atoms with Crippen molar-refractivity contribution in [3.8, 4) is 0 Å². The number of amides is 1. The van der Waals surface area contributed by atoms with Crippen molar-refractivity contribution in [2.24, 2.45) is 4.99 Å². The molecule has 0 bridgehead atoms. The summed E-state index contributed by atoms with van der Waals surface area (Å²) in [4.78, 5) is 18.2. The number of aliphatic imine (C=N–C) groups is 1. The van der Waals surface area contributed by atoms with E-state index in [2.05, 4.69) is 20.5 Å². The van der Waals surface area contributed by atoms with Gasteiger partial charge in [-0.25, -0.2) is 17.5 Å². The van der Waals surface area contributed by atoms with Crippen molar-refractivity contribution in [1.29, 1.82) is 0 Å². The lowest BCUT2D eigenvalue weighted by Gasteiger charge is -2.24. The maximum Gasteiger partial charge on any atom is 0.407 e. The quantitative estimate of drug-likeness (QED) is 0.325. The third-order valence-corrected chi connectivity index (χ3v) is 6.22. The van der Waals surface area contributed by atoms with Gasteiger partial charge in [0.15, 0.2) is 5.96 Å². The first-order chi connectivity index (χ1) is 12.1. The van der Waals surface area contributed by atoms with Crippen molar-refractivity contribution in [2.45, 2.75) is 45.3 Å². The number of hydrogen-bond acceptors (Lipinski definition) is 5. The highest BCUT2D eigenvalue weighted by molar-refractivity contribution is 14.0. The molecule has 2 N–H and O–H groups in total. The Morgan fingerprint density at radius 2 is 2.00 bits per heavy atom. The van der Waals surface area contributed by atoms with Crippen molar-refractivity contribution < 1.29 is 17.9 Å². The average molecular weight is 517 g/mol. The number of alkyl carbamates (subject to hydrolysis) is 1. The van der Waals surface area contributed by atoms with Gasteiger partial charge in [0.25, 0.3) is 0 Å². The minimum Gasteiger partial charge on any atom is -0.444 e. The number of guanidine groups is 1. The van der Waals surface area contributed by atoms with Gasteiger partial charge in [0.2, 0.25) is 10.0 Å². The zero-order valence-electron chi connectivity index (χ0n) is 16.5. The molecule has 11 heteroatoms. The highest BCUT2D eigenvalue weighted by Gasteiger charge is 2.29. The van der Waals surface area contributed by atoms with Crippen molar-refractivity contribution in [1.82, 2.24) is 19.8 Å². The third kappa shape index (κ3) is 7.60. The molecule has 0 aromatic rings. The number of rotatable bonds is 4. The summed E-state index contributed by atoms with van der Waals surface area (Å²) in [7, 11) is -1.37. The SMILES string of the molecule is CN=C(NCCN1CCCS1(=O)=O)N1CCC(NC(=O)OC(C)(C)C)C1.I. The number of ether oxygens (including phenoxy) is 1. The zero-order chi connectivity index (χ0) is 19.4. The topological polar surface area (TPSA) is 103 Å². The Labute approximate surface area is 179 Å². The molecule has 9 nitrogen and oxygen atoms in total. The van der Waals surface area contributed by atoms with E-state index >= 15 is 0 Å². The van der Waals surface area contributed by atoms with Gasteiger partial charge in [0.1, 0.15) is 5.60 Å². The van der Waals surface area contributed by atoms with Crippen molar-refractivity contribution in [2.75, 3.05) is 45.5 Å². The van der Waals surface area contributed by atoms with Crippen LogP contribution >= 0.6 is 24.0 Å². The largest absolute Gasteiger partial charge is 0.444 e. The number of carbonyl (C=O) groups is 1. The van der Waals surface area contributed by atoms with Crippen LogP contribution in [0.25, 0.3) is 0 Å². The second-order valence-corrected chi connectivity index (χ2v) is 9.71. The standard InChI is InChI=1S/C16H31N5O4S.HI/c1-16(2,3)25-15(22)19-13-6-9-20(12-13)14(17-4)18-7-10-21-8-5-11-26(21,23)24;/h13H,5-12H2,1-4H3,(H,17,18)(H,19,22);1H. The first-order valence-electron chi connectivity index (χ1n) is 9.04. The Hall–Kier alpha value is -0.820. The summed E-state index contributed by atoms with van der Waals surface area (Å²) < 4.78 is 30.4. The Balaban J connectivity index is 0.00000364. The Bertz CT molecular complexity index is 635. The van der Waals surface area contributed by atoms with Gasteiger partial charge in [0, 0.05) is 39.8 Å². The van der Waals surface area contributed by atoms with Gasteiger partial charge in [-0.05, 0) is 33.6 Å². The van der Waals surface area contributed by atoms with Gasteiger partial charge in [-0.2, -0.15) is 0 Å². The number of sulfonamides is 1. The highest BCUT2D eigenvalue weighted by atomic mass is 127. The predicted octanol–water partition coefficient (Wildman–Crippen LogP) is 0.814. The Morgan fingerprint density at radius 1 is 1.30 bits per heavy atom. The molecule has 0 aromatic carbocycles. The zero-order valence-corrected chi connectivity index (χ0v) is 19.7. The van der Waals surface area contributed by atoms with E-state index in [1.165, 1.54) is 4.31 Å². The number of halogens is 1. The van der Waals surface area contributed by atoms with E-state index in [1.54, 1.807) is 7.05 Å². The summed E-state index contributed by atoms with van der Waals surface area (Å²) in [5.41, 5.74) is -0.518. The fraction of sp³-hybridized carbons (Fsp3) is 0.875. The summed E-state index contributed by atoms with van der Waals surface area (Å²) in [5, 5.41) is 6.10. The van der Waals surface area contributed by atoms with Gasteiger partial charge >= 0.3 is 6.09 Å². The van der Waals surface area contributed by atoms with E-state index in [0.29, 0.717) is 32.6 Å². The van der Waals surface area contributed by atoms with Crippen LogP contribution in [0.4, 0.5) is 4.79 Å². The first kappa shape index (κ1) is 24.2. The summed E-state index contributed by atoms with van der Waals surface area (Å²) in [5.74, 6) is 0.960. The third-order valence-electron chi connectivity index (χ3n) is 4.27. The lowest BCUT2D eigenvalue weighted by atomic mass is 10.2. The van der Waals surface area contributed by atoms with Crippen LogP contribution in [0.15, 0.2) is 4.99 Å². The van der Waals surface area contributed by atoms with E-state index in [-0.39, 0.29) is 35.8 Å². The average Bonchev–Trinajstić information content (AvgIpc) is 3.08. The maximum absolute atomic E-state index is 11.9. The molecule has 2 rings (SSSR count). The number of nitrogens with one attached hydrogen (secondary N) is 2. The van der Waals surface area contributed by atoms with Gasteiger partial charge in [0.05, 0.1) is 11.8 Å². The summed E-state index contributed by atoms with van der Waals surface area (Å²) >= 11 is 0. The fourth-order valence-electron chi connectivity index (χ4n) is 3.11. The Kier molecular flexibility index (Phi) is 9.06. The van der Waals surface area contributed by atoms with Crippen LogP contribution < -0.4 is 10.6 Å². The molecule has 2 saturated heterocycles. The van der Waals surface area contributed by atoms with Crippen molar-refractivity contribution in [3.63, 3.8) is 0 Å². The molecular formula is C16H32IN5O4S. The van der Waals surface area contributed by atoms with Crippen LogP contribution in [0.3, 0.4) is 0 Å². The van der Waals surface area contributed by atoms with Gasteiger partial charge in [-0.1, -0.05) is 0 Å². The van der Waals surface area contributed by atoms with Gasteiger partial charge < -0.3 is 20.3 Å². The van der Waals surface area contributed by atoms with E-state index in [4.69, 9.17) is 4.74 Å². The number of nitrogens with zero attached hydrogens (tertiary/aromatic N) is 3. The summed E-state index contributed by atoms with van der Waals surface area (Å²) in [6, 6.07) is 0.00219. The molecule has 2 heterocycles. The van der Waals surface area contributed by atoms with Crippen molar-refractivity contribution in [3.05, 3.63) is 0 Å². The second-order valence-electron chi connectivity index (χ2n) is 7.62. The summed E-state index contributed by atoms with van der Waals surface area (Å²) in [6.07, 6.45) is 1.09. The first-order valence-corrected chi connectivity index (χ1v) is 10.6. The Morgan fingerprint density at radius 3 is 2.56 bits per heavy atom. The van der Waals surface area contributed by atoms with Gasteiger partial charge in [-0.3, -0.25) is 4.99 Å². The molecule has 2 aliphatic rings. The van der Waals surface area contributed by atoms with Crippen LogP contribution in [-0.4, -0.2) is 86.8 Å². The lowest BCUT2D eigenvalue weighted by molar-refractivity contribution is 0.0507. The fourth-order valence-corrected chi connectivity index (χ4v) is 4.64. The molecule has 0 saturated carbocycles. The van der Waals surface area contributed by atoms with Crippen molar-refractivity contribution >= 4 is 46.1 Å². The number of likely N-dealkylation sites (tertiary alicyclic amines) is 1. The molecule has 2 aliphatic heterocycles. The van der Waals surface area contributed by atoms with Crippen LogP contribution in [0, 0.1) is 0 Å². The number of carbonyl (C=O) groups excluding carboxylic acids is 1. The minimum absolute atomic E-state index is 0. The van der Waals surface area contributed by atoms with E-state index in [9.17, 15) is 13.2 Å².